The molecule has 0 fully saturated rings. The summed E-state index contributed by atoms with van der Waals surface area (Å²) in [6, 6.07) is 3.69. The van der Waals surface area contributed by atoms with E-state index in [-0.39, 0.29) is 11.8 Å². The van der Waals surface area contributed by atoms with Crippen LogP contribution in [0.5, 0.6) is 17.2 Å². The first kappa shape index (κ1) is 21.6. The molecule has 0 saturated heterocycles. The van der Waals surface area contributed by atoms with Crippen molar-refractivity contribution in [3.63, 3.8) is 0 Å². The number of unbranched alkanes of at least 4 members (excludes halogenated alkanes) is 2. The summed E-state index contributed by atoms with van der Waals surface area (Å²) >= 11 is 0. The molecule has 1 aromatic carbocycles. The molecule has 0 atom stereocenters. The fourth-order valence-corrected chi connectivity index (χ4v) is 2.51. The smallest absolute Gasteiger partial charge is 0.233 e. The van der Waals surface area contributed by atoms with Crippen molar-refractivity contribution in [1.82, 2.24) is 10.7 Å². The van der Waals surface area contributed by atoms with E-state index >= 15 is 0 Å². The number of benzene rings is 1. The van der Waals surface area contributed by atoms with E-state index < -0.39 is 0 Å². The molecule has 0 heterocycles. The number of amides is 2. The average Bonchev–Trinajstić information content (AvgIpc) is 2.67. The van der Waals surface area contributed by atoms with E-state index in [1.807, 2.05) is 12.1 Å². The van der Waals surface area contributed by atoms with Crippen molar-refractivity contribution in [3.8, 4) is 17.2 Å². The van der Waals surface area contributed by atoms with Crippen molar-refractivity contribution in [2.45, 2.75) is 38.5 Å². The fraction of sp³-hybridized carbons (Fsp3) is 0.556. The molecule has 0 radical (unpaired) electrons. The van der Waals surface area contributed by atoms with Gasteiger partial charge in [-0.1, -0.05) is 6.42 Å². The van der Waals surface area contributed by atoms with Crippen LogP contribution in [0.3, 0.4) is 0 Å². The maximum absolute atomic E-state index is 12.0. The zero-order valence-corrected chi connectivity index (χ0v) is 15.7. The van der Waals surface area contributed by atoms with E-state index in [1.165, 1.54) is 0 Å². The number of hydrogen-bond acceptors (Lipinski definition) is 6. The van der Waals surface area contributed by atoms with Gasteiger partial charge in [-0.05, 0) is 37.0 Å². The molecule has 4 N–H and O–H groups in total. The summed E-state index contributed by atoms with van der Waals surface area (Å²) in [5.74, 6) is 6.50. The highest BCUT2D eigenvalue weighted by Gasteiger charge is 2.13. The molecule has 1 aromatic rings. The van der Waals surface area contributed by atoms with Crippen LogP contribution in [0, 0.1) is 0 Å². The third-order valence-electron chi connectivity index (χ3n) is 3.93. The number of carbonyl (C=O) groups is 2. The van der Waals surface area contributed by atoms with Crippen LogP contribution in [0.1, 0.15) is 37.7 Å². The van der Waals surface area contributed by atoms with E-state index in [1.54, 1.807) is 21.3 Å². The Bertz CT molecular complexity index is 567. The van der Waals surface area contributed by atoms with Crippen LogP contribution < -0.4 is 30.8 Å². The molecule has 0 aliphatic rings. The van der Waals surface area contributed by atoms with Crippen molar-refractivity contribution in [2.75, 3.05) is 27.9 Å². The highest BCUT2D eigenvalue weighted by atomic mass is 16.5. The minimum absolute atomic E-state index is 0.0153. The third-order valence-corrected chi connectivity index (χ3v) is 3.93. The van der Waals surface area contributed by atoms with Crippen LogP contribution in [-0.4, -0.2) is 39.7 Å². The van der Waals surface area contributed by atoms with Gasteiger partial charge in [0.2, 0.25) is 17.6 Å². The van der Waals surface area contributed by atoms with Crippen molar-refractivity contribution in [2.24, 2.45) is 5.84 Å². The lowest BCUT2D eigenvalue weighted by molar-refractivity contribution is -0.122. The lowest BCUT2D eigenvalue weighted by atomic mass is 10.1. The van der Waals surface area contributed by atoms with Crippen LogP contribution in [-0.2, 0) is 16.0 Å². The predicted molar refractivity (Wildman–Crippen MR) is 98.2 cm³/mol. The van der Waals surface area contributed by atoms with Gasteiger partial charge in [0.05, 0.1) is 21.3 Å². The summed E-state index contributed by atoms with van der Waals surface area (Å²) in [7, 11) is 4.67. The normalized spacial score (nSPS) is 10.2. The van der Waals surface area contributed by atoms with Gasteiger partial charge in [-0.3, -0.25) is 15.0 Å². The van der Waals surface area contributed by atoms with Gasteiger partial charge in [-0.25, -0.2) is 5.84 Å². The van der Waals surface area contributed by atoms with E-state index in [4.69, 9.17) is 20.1 Å². The minimum Gasteiger partial charge on any atom is -0.493 e. The van der Waals surface area contributed by atoms with Crippen molar-refractivity contribution in [1.29, 1.82) is 0 Å². The van der Waals surface area contributed by atoms with Crippen LogP contribution in [0.15, 0.2) is 12.1 Å². The monoisotopic (exact) mass is 367 g/mol. The van der Waals surface area contributed by atoms with Crippen LogP contribution in [0.25, 0.3) is 0 Å². The largest absolute Gasteiger partial charge is 0.493 e. The topological polar surface area (TPSA) is 112 Å². The molecule has 0 aliphatic heterocycles. The number of methoxy groups -OCH3 is 3. The summed E-state index contributed by atoms with van der Waals surface area (Å²) < 4.78 is 15.9. The first-order chi connectivity index (χ1) is 12.5. The minimum atomic E-state index is -0.167. The number of nitrogens with one attached hydrogen (secondary N) is 2. The number of hydrogen-bond donors (Lipinski definition) is 3. The summed E-state index contributed by atoms with van der Waals surface area (Å²) in [5.41, 5.74) is 3.03. The maximum atomic E-state index is 12.0. The number of hydrazine groups is 1. The Morgan fingerprint density at radius 2 is 1.58 bits per heavy atom. The first-order valence-corrected chi connectivity index (χ1v) is 8.60. The van der Waals surface area contributed by atoms with Gasteiger partial charge in [-0.15, -0.1) is 0 Å². The van der Waals surface area contributed by atoms with Crippen molar-refractivity contribution >= 4 is 11.8 Å². The van der Waals surface area contributed by atoms with E-state index in [2.05, 4.69) is 10.7 Å². The lowest BCUT2D eigenvalue weighted by Gasteiger charge is -2.14. The molecule has 0 spiro atoms. The SMILES string of the molecule is COc1cc(CCC(=O)NCCCCCC(=O)NN)cc(OC)c1OC. The molecule has 8 heteroatoms. The molecular formula is C18H29N3O5. The van der Waals surface area contributed by atoms with Crippen molar-refractivity contribution < 1.29 is 23.8 Å². The van der Waals surface area contributed by atoms with Crippen molar-refractivity contribution in [3.05, 3.63) is 17.7 Å². The van der Waals surface area contributed by atoms with E-state index in [9.17, 15) is 9.59 Å². The Morgan fingerprint density at radius 1 is 0.923 bits per heavy atom. The fourth-order valence-electron chi connectivity index (χ4n) is 2.51. The maximum Gasteiger partial charge on any atom is 0.233 e. The number of ether oxygens (including phenoxy) is 3. The van der Waals surface area contributed by atoms with Crippen LogP contribution >= 0.6 is 0 Å². The summed E-state index contributed by atoms with van der Waals surface area (Å²) in [6.07, 6.45) is 3.79. The molecule has 2 amide bonds. The van der Waals surface area contributed by atoms with Crippen LogP contribution in [0.4, 0.5) is 0 Å². The van der Waals surface area contributed by atoms with E-state index in [0.717, 1.165) is 24.8 Å². The lowest BCUT2D eigenvalue weighted by Crippen LogP contribution is -2.29. The molecular weight excluding hydrogens is 338 g/mol. The Balaban J connectivity index is 2.37. The molecule has 8 nitrogen and oxygen atoms in total. The zero-order chi connectivity index (χ0) is 19.4. The Hall–Kier alpha value is -2.48. The average molecular weight is 367 g/mol. The zero-order valence-electron chi connectivity index (χ0n) is 15.7. The van der Waals surface area contributed by atoms with Gasteiger partial charge in [0.1, 0.15) is 0 Å². The van der Waals surface area contributed by atoms with Gasteiger partial charge in [0.25, 0.3) is 0 Å². The standard InChI is InChI=1S/C18H29N3O5/c1-24-14-11-13(12-15(25-2)18(14)26-3)8-9-16(22)20-10-6-4-5-7-17(23)21-19/h11-12H,4-10,19H2,1-3H3,(H,20,22)(H,21,23). The summed E-state index contributed by atoms with van der Waals surface area (Å²) in [4.78, 5) is 22.9. The number of carbonyl (C=O) groups excluding carboxylic acids is 2. The second-order valence-corrected chi connectivity index (χ2v) is 5.76. The third kappa shape index (κ3) is 7.18. The summed E-state index contributed by atoms with van der Waals surface area (Å²) in [5, 5.41) is 2.88. The molecule has 1 rings (SSSR count). The number of rotatable bonds is 12. The second-order valence-electron chi connectivity index (χ2n) is 5.76. The van der Waals surface area contributed by atoms with Gasteiger partial charge < -0.3 is 19.5 Å². The van der Waals surface area contributed by atoms with E-state index in [0.29, 0.717) is 43.1 Å². The quantitative estimate of drug-likeness (QED) is 0.222. The van der Waals surface area contributed by atoms with Gasteiger partial charge in [0, 0.05) is 19.4 Å². The first-order valence-electron chi connectivity index (χ1n) is 8.60. The molecule has 0 aromatic heterocycles. The molecule has 26 heavy (non-hydrogen) atoms. The van der Waals surface area contributed by atoms with Crippen LogP contribution in [0.2, 0.25) is 0 Å². The highest BCUT2D eigenvalue weighted by molar-refractivity contribution is 5.76. The Kier molecular flexibility index (Phi) is 9.93. The molecule has 146 valence electrons. The van der Waals surface area contributed by atoms with Gasteiger partial charge >= 0.3 is 0 Å². The molecule has 0 unspecified atom stereocenters. The predicted octanol–water partition coefficient (Wildman–Crippen LogP) is 1.31. The molecule has 0 saturated carbocycles. The number of nitrogens with two attached hydrogens (primary N) is 1. The van der Waals surface area contributed by atoms with Gasteiger partial charge in [0.15, 0.2) is 11.5 Å². The second kappa shape index (κ2) is 12.0. The van der Waals surface area contributed by atoms with Gasteiger partial charge in [-0.2, -0.15) is 0 Å². The Labute approximate surface area is 154 Å². The molecule has 0 aliphatic carbocycles. The summed E-state index contributed by atoms with van der Waals surface area (Å²) in [6.45, 7) is 0.596. The number of aryl methyl sites for hydroxylation is 1. The Morgan fingerprint density at radius 3 is 2.12 bits per heavy atom. The highest BCUT2D eigenvalue weighted by Crippen LogP contribution is 2.38. The molecule has 0 bridgehead atoms.